The van der Waals surface area contributed by atoms with Crippen molar-refractivity contribution in [3.63, 3.8) is 0 Å². The Balaban J connectivity index is 1.79. The molecule has 0 spiro atoms. The van der Waals surface area contributed by atoms with Crippen LogP contribution in [-0.4, -0.2) is 33.0 Å². The molecule has 0 aliphatic heterocycles. The lowest BCUT2D eigenvalue weighted by Gasteiger charge is -2.14. The number of aromatic nitrogens is 2. The molecule has 29 heavy (non-hydrogen) atoms. The molecule has 0 radical (unpaired) electrons. The number of benzene rings is 2. The topological polar surface area (TPSA) is 103 Å². The fraction of sp³-hybridized carbons (Fsp3) is 0.190. The smallest absolute Gasteiger partial charge is 0.432 e. The van der Waals surface area contributed by atoms with E-state index in [4.69, 9.17) is 14.6 Å². The summed E-state index contributed by atoms with van der Waals surface area (Å²) in [6.45, 7) is 4.11. The highest BCUT2D eigenvalue weighted by Gasteiger charge is 2.14. The first kappa shape index (κ1) is 19.9. The van der Waals surface area contributed by atoms with Gasteiger partial charge in [-0.3, -0.25) is 4.79 Å². The standard InChI is InChI=1S/C21H21N3O5/c1-14(2)29-18-11-16(20(25)22-19-8-9-24(23-19)21(26)27)10-17(12-18)28-13-15-6-4-3-5-7-15/h3-12,14H,13H2,1-2H3,(H,26,27)(H,22,23,25). The maximum Gasteiger partial charge on any atom is 0.432 e. The number of carbonyl (C=O) groups is 2. The van der Waals surface area contributed by atoms with Gasteiger partial charge in [-0.25, -0.2) is 4.79 Å². The van der Waals surface area contributed by atoms with Gasteiger partial charge >= 0.3 is 6.09 Å². The zero-order chi connectivity index (χ0) is 20.8. The zero-order valence-electron chi connectivity index (χ0n) is 16.0. The third-order valence-corrected chi connectivity index (χ3v) is 3.79. The molecule has 0 aliphatic carbocycles. The Labute approximate surface area is 167 Å². The van der Waals surface area contributed by atoms with Crippen LogP contribution >= 0.6 is 0 Å². The lowest BCUT2D eigenvalue weighted by molar-refractivity contribution is 0.102. The fourth-order valence-electron chi connectivity index (χ4n) is 2.55. The second-order valence-corrected chi connectivity index (χ2v) is 6.52. The minimum absolute atomic E-state index is 0.0819. The highest BCUT2D eigenvalue weighted by atomic mass is 16.5. The molecule has 1 aromatic heterocycles. The van der Waals surface area contributed by atoms with E-state index in [1.807, 2.05) is 44.2 Å². The van der Waals surface area contributed by atoms with Gasteiger partial charge in [0, 0.05) is 23.9 Å². The summed E-state index contributed by atoms with van der Waals surface area (Å²) in [7, 11) is 0. The summed E-state index contributed by atoms with van der Waals surface area (Å²) in [6.07, 6.45) is -0.0825. The summed E-state index contributed by atoms with van der Waals surface area (Å²) in [5.74, 6) is 0.638. The minimum atomic E-state index is -1.24. The van der Waals surface area contributed by atoms with Gasteiger partial charge in [0.05, 0.1) is 6.10 Å². The highest BCUT2D eigenvalue weighted by Crippen LogP contribution is 2.25. The van der Waals surface area contributed by atoms with Crippen molar-refractivity contribution >= 4 is 17.8 Å². The van der Waals surface area contributed by atoms with Crippen molar-refractivity contribution in [2.75, 3.05) is 5.32 Å². The molecule has 8 nitrogen and oxygen atoms in total. The molecular weight excluding hydrogens is 374 g/mol. The number of nitrogens with zero attached hydrogens (tertiary/aromatic N) is 2. The number of carbonyl (C=O) groups excluding carboxylic acids is 1. The van der Waals surface area contributed by atoms with Crippen LogP contribution < -0.4 is 14.8 Å². The average Bonchev–Trinajstić information content (AvgIpc) is 3.15. The molecule has 0 bridgehead atoms. The Morgan fingerprint density at radius 3 is 2.48 bits per heavy atom. The van der Waals surface area contributed by atoms with Crippen LogP contribution in [0, 0.1) is 0 Å². The van der Waals surface area contributed by atoms with Crippen LogP contribution in [0.1, 0.15) is 29.8 Å². The van der Waals surface area contributed by atoms with Crippen LogP contribution in [0.15, 0.2) is 60.8 Å². The molecule has 150 valence electrons. The minimum Gasteiger partial charge on any atom is -0.491 e. The number of rotatable bonds is 7. The molecule has 0 saturated heterocycles. The zero-order valence-corrected chi connectivity index (χ0v) is 16.0. The largest absolute Gasteiger partial charge is 0.491 e. The Hall–Kier alpha value is -3.81. The van der Waals surface area contributed by atoms with E-state index >= 15 is 0 Å². The number of nitrogens with one attached hydrogen (secondary N) is 1. The summed E-state index contributed by atoms with van der Waals surface area (Å²) >= 11 is 0. The normalized spacial score (nSPS) is 10.6. The van der Waals surface area contributed by atoms with Crippen LogP contribution in [-0.2, 0) is 6.61 Å². The number of hydrogen-bond donors (Lipinski definition) is 2. The first-order valence-corrected chi connectivity index (χ1v) is 8.99. The molecule has 0 aliphatic rings. The van der Waals surface area contributed by atoms with Crippen LogP contribution in [0.25, 0.3) is 0 Å². The molecule has 0 saturated carbocycles. The first-order valence-electron chi connectivity index (χ1n) is 8.99. The summed E-state index contributed by atoms with van der Waals surface area (Å²) in [5, 5.41) is 15.3. The molecular formula is C21H21N3O5. The van der Waals surface area contributed by atoms with Gasteiger partial charge in [-0.05, 0) is 31.5 Å². The lowest BCUT2D eigenvalue weighted by Crippen LogP contribution is -2.15. The van der Waals surface area contributed by atoms with Crippen molar-refractivity contribution in [3.8, 4) is 11.5 Å². The van der Waals surface area contributed by atoms with Crippen LogP contribution in [0.3, 0.4) is 0 Å². The summed E-state index contributed by atoms with van der Waals surface area (Å²) in [6, 6.07) is 16.0. The van der Waals surface area contributed by atoms with E-state index in [9.17, 15) is 9.59 Å². The van der Waals surface area contributed by atoms with Crippen molar-refractivity contribution in [1.29, 1.82) is 0 Å². The number of ether oxygens (including phenoxy) is 2. The van der Waals surface area contributed by atoms with Crippen molar-refractivity contribution < 1.29 is 24.2 Å². The predicted octanol–water partition coefficient (Wildman–Crippen LogP) is 4.03. The van der Waals surface area contributed by atoms with E-state index in [-0.39, 0.29) is 11.9 Å². The van der Waals surface area contributed by atoms with Crippen LogP contribution in [0.5, 0.6) is 11.5 Å². The second kappa shape index (κ2) is 8.92. The molecule has 2 N–H and O–H groups in total. The van der Waals surface area contributed by atoms with E-state index in [1.54, 1.807) is 18.2 Å². The maximum absolute atomic E-state index is 12.6. The van der Waals surface area contributed by atoms with Gasteiger partial charge in [0.2, 0.25) is 0 Å². The number of anilines is 1. The van der Waals surface area contributed by atoms with Crippen molar-refractivity contribution in [1.82, 2.24) is 9.78 Å². The summed E-state index contributed by atoms with van der Waals surface area (Å²) < 4.78 is 12.3. The highest BCUT2D eigenvalue weighted by molar-refractivity contribution is 6.04. The van der Waals surface area contributed by atoms with E-state index in [1.165, 1.54) is 12.3 Å². The lowest BCUT2D eigenvalue weighted by atomic mass is 10.2. The molecule has 3 aromatic rings. The van der Waals surface area contributed by atoms with E-state index < -0.39 is 12.0 Å². The molecule has 0 fully saturated rings. The van der Waals surface area contributed by atoms with Gasteiger partial charge in [0.25, 0.3) is 5.91 Å². The Morgan fingerprint density at radius 1 is 1.10 bits per heavy atom. The van der Waals surface area contributed by atoms with Crippen molar-refractivity contribution in [2.24, 2.45) is 0 Å². The molecule has 1 amide bonds. The van der Waals surface area contributed by atoms with Crippen molar-refractivity contribution in [2.45, 2.75) is 26.6 Å². The van der Waals surface area contributed by atoms with Crippen LogP contribution in [0.2, 0.25) is 0 Å². The predicted molar refractivity (Wildman–Crippen MR) is 107 cm³/mol. The van der Waals surface area contributed by atoms with Gasteiger partial charge in [0.1, 0.15) is 18.1 Å². The molecule has 2 aromatic carbocycles. The van der Waals surface area contributed by atoms with Gasteiger partial charge in [-0.2, -0.15) is 4.68 Å². The van der Waals surface area contributed by atoms with Gasteiger partial charge in [0.15, 0.2) is 5.82 Å². The Morgan fingerprint density at radius 2 is 1.83 bits per heavy atom. The molecule has 1 heterocycles. The average molecular weight is 395 g/mol. The molecule has 0 atom stereocenters. The van der Waals surface area contributed by atoms with Gasteiger partial charge < -0.3 is 19.9 Å². The molecule has 3 rings (SSSR count). The third kappa shape index (κ3) is 5.58. The number of carboxylic acid groups (broad SMARTS) is 1. The Kier molecular flexibility index (Phi) is 6.13. The second-order valence-electron chi connectivity index (χ2n) is 6.52. The fourth-order valence-corrected chi connectivity index (χ4v) is 2.55. The first-order chi connectivity index (χ1) is 13.9. The van der Waals surface area contributed by atoms with E-state index in [0.717, 1.165) is 5.56 Å². The SMILES string of the molecule is CC(C)Oc1cc(OCc2ccccc2)cc(C(=O)Nc2ccn(C(=O)O)n2)c1. The molecule has 8 heteroatoms. The Bertz CT molecular complexity index is 999. The van der Waals surface area contributed by atoms with E-state index in [2.05, 4.69) is 10.4 Å². The van der Waals surface area contributed by atoms with Crippen molar-refractivity contribution in [3.05, 3.63) is 71.9 Å². The quantitative estimate of drug-likeness (QED) is 0.626. The van der Waals surface area contributed by atoms with Gasteiger partial charge in [-0.1, -0.05) is 30.3 Å². The number of hydrogen-bond acceptors (Lipinski definition) is 5. The third-order valence-electron chi connectivity index (χ3n) is 3.79. The molecule has 0 unspecified atom stereocenters. The van der Waals surface area contributed by atoms with E-state index in [0.29, 0.717) is 28.4 Å². The monoisotopic (exact) mass is 395 g/mol. The summed E-state index contributed by atoms with van der Waals surface area (Å²) in [4.78, 5) is 23.5. The number of amides is 1. The van der Waals surface area contributed by atoms with Gasteiger partial charge in [-0.15, -0.1) is 5.10 Å². The summed E-state index contributed by atoms with van der Waals surface area (Å²) in [5.41, 5.74) is 1.30. The maximum atomic E-state index is 12.6. The van der Waals surface area contributed by atoms with Crippen LogP contribution in [0.4, 0.5) is 10.6 Å².